The molecule has 1 heterocycles. The molecule has 0 aliphatic carbocycles. The highest BCUT2D eigenvalue weighted by atomic mass is 16.1. The third kappa shape index (κ3) is 3.77. The highest BCUT2D eigenvalue weighted by Gasteiger charge is 2.15. The van der Waals surface area contributed by atoms with Crippen LogP contribution in [0.1, 0.15) is 32.6 Å². The predicted octanol–water partition coefficient (Wildman–Crippen LogP) is 6.39. The van der Waals surface area contributed by atoms with E-state index >= 15 is 0 Å². The maximum absolute atomic E-state index is 13.2. The minimum atomic E-state index is -0.128. The van der Waals surface area contributed by atoms with E-state index in [1.165, 1.54) is 16.7 Å². The number of anilines is 1. The number of para-hydroxylation sites is 1. The Balaban J connectivity index is 1.80. The Kier molecular flexibility index (Phi) is 4.89. The Morgan fingerprint density at radius 2 is 1.45 bits per heavy atom. The van der Waals surface area contributed by atoms with Gasteiger partial charge in [0.15, 0.2) is 0 Å². The van der Waals surface area contributed by atoms with Crippen LogP contribution in [0.25, 0.3) is 22.2 Å². The van der Waals surface area contributed by atoms with E-state index in [-0.39, 0.29) is 5.91 Å². The normalized spacial score (nSPS) is 10.9. The van der Waals surface area contributed by atoms with Crippen molar-refractivity contribution in [1.29, 1.82) is 0 Å². The van der Waals surface area contributed by atoms with Crippen molar-refractivity contribution in [3.8, 4) is 11.3 Å². The second-order valence-corrected chi connectivity index (χ2v) is 7.62. The monoisotopic (exact) mass is 380 g/mol. The molecule has 144 valence electrons. The lowest BCUT2D eigenvalue weighted by Crippen LogP contribution is -2.13. The maximum atomic E-state index is 13.2. The van der Waals surface area contributed by atoms with E-state index in [4.69, 9.17) is 4.98 Å². The lowest BCUT2D eigenvalue weighted by Gasteiger charge is -2.12. The molecule has 4 rings (SSSR count). The van der Waals surface area contributed by atoms with Gasteiger partial charge in [-0.05, 0) is 80.3 Å². The molecule has 0 aliphatic heterocycles. The number of nitrogens with zero attached hydrogens (tertiary/aromatic N) is 1. The van der Waals surface area contributed by atoms with Crippen molar-refractivity contribution in [2.45, 2.75) is 27.7 Å². The van der Waals surface area contributed by atoms with Gasteiger partial charge >= 0.3 is 0 Å². The van der Waals surface area contributed by atoms with Gasteiger partial charge in [0.1, 0.15) is 0 Å². The summed E-state index contributed by atoms with van der Waals surface area (Å²) in [5.74, 6) is -0.128. The fourth-order valence-corrected chi connectivity index (χ4v) is 3.43. The van der Waals surface area contributed by atoms with E-state index in [9.17, 15) is 4.79 Å². The molecule has 0 unspecified atom stereocenters. The molecule has 0 fully saturated rings. The number of carbonyl (C=O) groups excluding carboxylic acids is 1. The summed E-state index contributed by atoms with van der Waals surface area (Å²) in [5, 5.41) is 3.90. The van der Waals surface area contributed by atoms with Crippen LogP contribution in [0, 0.1) is 27.7 Å². The van der Waals surface area contributed by atoms with Gasteiger partial charge in [-0.15, -0.1) is 0 Å². The van der Waals surface area contributed by atoms with Crippen LogP contribution >= 0.6 is 0 Å². The SMILES string of the molecule is Cc1ccc(NC(=O)c2cc(-c3ccc(C)c(C)c3)nc3ccccc23)cc1C. The van der Waals surface area contributed by atoms with Crippen LogP contribution in [-0.2, 0) is 0 Å². The summed E-state index contributed by atoms with van der Waals surface area (Å²) in [7, 11) is 0. The van der Waals surface area contributed by atoms with Crippen LogP contribution < -0.4 is 5.32 Å². The summed E-state index contributed by atoms with van der Waals surface area (Å²) in [6.07, 6.45) is 0. The second-order valence-electron chi connectivity index (χ2n) is 7.62. The molecule has 1 aromatic heterocycles. The van der Waals surface area contributed by atoms with Crippen molar-refractivity contribution in [3.05, 3.63) is 94.5 Å². The third-order valence-corrected chi connectivity index (χ3v) is 5.53. The zero-order chi connectivity index (χ0) is 20.5. The molecular weight excluding hydrogens is 356 g/mol. The van der Waals surface area contributed by atoms with E-state index in [2.05, 4.69) is 44.3 Å². The van der Waals surface area contributed by atoms with Crippen molar-refractivity contribution in [3.63, 3.8) is 0 Å². The quantitative estimate of drug-likeness (QED) is 0.447. The average molecular weight is 380 g/mol. The van der Waals surface area contributed by atoms with Crippen LogP contribution in [0.15, 0.2) is 66.7 Å². The zero-order valence-electron chi connectivity index (χ0n) is 17.2. The number of benzene rings is 3. The maximum Gasteiger partial charge on any atom is 0.256 e. The highest BCUT2D eigenvalue weighted by molar-refractivity contribution is 6.13. The number of nitrogens with one attached hydrogen (secondary N) is 1. The summed E-state index contributed by atoms with van der Waals surface area (Å²) in [4.78, 5) is 18.0. The Morgan fingerprint density at radius 1 is 0.759 bits per heavy atom. The first-order valence-electron chi connectivity index (χ1n) is 9.78. The van der Waals surface area contributed by atoms with Crippen molar-refractivity contribution in [1.82, 2.24) is 4.98 Å². The first-order chi connectivity index (χ1) is 13.9. The van der Waals surface area contributed by atoms with E-state index in [1.807, 2.05) is 55.5 Å². The number of amides is 1. The molecule has 0 atom stereocenters. The molecule has 29 heavy (non-hydrogen) atoms. The number of pyridine rings is 1. The zero-order valence-corrected chi connectivity index (χ0v) is 17.2. The van der Waals surface area contributed by atoms with Crippen LogP contribution in [0.3, 0.4) is 0 Å². The van der Waals surface area contributed by atoms with Crippen LogP contribution in [-0.4, -0.2) is 10.9 Å². The summed E-state index contributed by atoms with van der Waals surface area (Å²) in [6, 6.07) is 21.9. The fraction of sp³-hybridized carbons (Fsp3) is 0.154. The molecule has 0 spiro atoms. The smallest absolute Gasteiger partial charge is 0.256 e. The Morgan fingerprint density at radius 3 is 2.17 bits per heavy atom. The van der Waals surface area contributed by atoms with E-state index in [1.54, 1.807) is 0 Å². The molecule has 0 saturated heterocycles. The molecule has 0 radical (unpaired) electrons. The van der Waals surface area contributed by atoms with Crippen LogP contribution in [0.2, 0.25) is 0 Å². The number of fused-ring (bicyclic) bond motifs is 1. The van der Waals surface area contributed by atoms with Gasteiger partial charge < -0.3 is 5.32 Å². The lowest BCUT2D eigenvalue weighted by atomic mass is 10.0. The molecule has 1 amide bonds. The number of aromatic nitrogens is 1. The molecular formula is C26H24N2O. The Hall–Kier alpha value is -3.46. The van der Waals surface area contributed by atoms with Crippen LogP contribution in [0.4, 0.5) is 5.69 Å². The first-order valence-corrected chi connectivity index (χ1v) is 9.78. The number of hydrogen-bond acceptors (Lipinski definition) is 2. The minimum Gasteiger partial charge on any atom is -0.322 e. The van der Waals surface area contributed by atoms with Crippen molar-refractivity contribution >= 4 is 22.5 Å². The minimum absolute atomic E-state index is 0.128. The molecule has 3 aromatic carbocycles. The molecule has 4 aromatic rings. The number of aryl methyl sites for hydroxylation is 4. The van der Waals surface area contributed by atoms with Gasteiger partial charge in [-0.25, -0.2) is 4.98 Å². The van der Waals surface area contributed by atoms with Gasteiger partial charge in [0.25, 0.3) is 5.91 Å². The van der Waals surface area contributed by atoms with Gasteiger partial charge in [0.05, 0.1) is 16.8 Å². The third-order valence-electron chi connectivity index (χ3n) is 5.53. The molecule has 0 aliphatic rings. The molecule has 3 nitrogen and oxygen atoms in total. The van der Waals surface area contributed by atoms with Crippen molar-refractivity contribution in [2.24, 2.45) is 0 Å². The summed E-state index contributed by atoms with van der Waals surface area (Å²) < 4.78 is 0. The topological polar surface area (TPSA) is 42.0 Å². The van der Waals surface area contributed by atoms with E-state index in [0.29, 0.717) is 5.56 Å². The van der Waals surface area contributed by atoms with E-state index < -0.39 is 0 Å². The summed E-state index contributed by atoms with van der Waals surface area (Å²) >= 11 is 0. The molecule has 0 saturated carbocycles. The van der Waals surface area contributed by atoms with Crippen molar-refractivity contribution < 1.29 is 4.79 Å². The Bertz CT molecular complexity index is 1240. The highest BCUT2D eigenvalue weighted by Crippen LogP contribution is 2.27. The van der Waals surface area contributed by atoms with Gasteiger partial charge in [-0.3, -0.25) is 4.79 Å². The first kappa shape index (κ1) is 18.9. The van der Waals surface area contributed by atoms with Crippen LogP contribution in [0.5, 0.6) is 0 Å². The summed E-state index contributed by atoms with van der Waals surface area (Å²) in [6.45, 7) is 8.29. The van der Waals surface area contributed by atoms with Gasteiger partial charge in [-0.1, -0.05) is 36.4 Å². The number of hydrogen-bond donors (Lipinski definition) is 1. The lowest BCUT2D eigenvalue weighted by molar-refractivity contribution is 0.102. The second kappa shape index (κ2) is 7.51. The molecule has 1 N–H and O–H groups in total. The predicted molar refractivity (Wildman–Crippen MR) is 121 cm³/mol. The average Bonchev–Trinajstić information content (AvgIpc) is 2.72. The fourth-order valence-electron chi connectivity index (χ4n) is 3.43. The van der Waals surface area contributed by atoms with Crippen molar-refractivity contribution in [2.75, 3.05) is 5.32 Å². The molecule has 0 bridgehead atoms. The van der Waals surface area contributed by atoms with Gasteiger partial charge in [0.2, 0.25) is 0 Å². The van der Waals surface area contributed by atoms with Gasteiger partial charge in [-0.2, -0.15) is 0 Å². The van der Waals surface area contributed by atoms with Gasteiger partial charge in [0, 0.05) is 16.6 Å². The largest absolute Gasteiger partial charge is 0.322 e. The summed E-state index contributed by atoms with van der Waals surface area (Å²) in [5.41, 5.74) is 8.85. The number of carbonyl (C=O) groups is 1. The molecule has 3 heteroatoms. The number of rotatable bonds is 3. The standard InChI is InChI=1S/C26H24N2O/c1-16-9-11-20(13-18(16)3)25-15-23(22-7-5-6-8-24(22)28-25)26(29)27-21-12-10-17(2)19(4)14-21/h5-15H,1-4H3,(H,27,29). The Labute approximate surface area is 171 Å². The van der Waals surface area contributed by atoms with E-state index in [0.717, 1.165) is 33.4 Å².